The minimum atomic E-state index is 0.110. The number of benzene rings is 1. The second-order valence-electron chi connectivity index (χ2n) is 7.18. The number of nitrogens with one attached hydrogen (secondary N) is 1. The third-order valence-corrected chi connectivity index (χ3v) is 5.23. The molecule has 1 aliphatic carbocycles. The summed E-state index contributed by atoms with van der Waals surface area (Å²) in [5.74, 6) is 1.54. The molecule has 4 nitrogen and oxygen atoms in total. The maximum absolute atomic E-state index is 12.8. The highest BCUT2D eigenvalue weighted by molar-refractivity contribution is 5.94. The van der Waals surface area contributed by atoms with Crippen LogP contribution < -0.4 is 5.32 Å². The maximum Gasteiger partial charge on any atom is 0.255 e. The molecule has 1 N–H and O–H groups in total. The van der Waals surface area contributed by atoms with E-state index in [0.29, 0.717) is 17.5 Å². The van der Waals surface area contributed by atoms with Crippen LogP contribution in [0.1, 0.15) is 53.9 Å². The fourth-order valence-corrected chi connectivity index (χ4v) is 3.58. The zero-order valence-corrected chi connectivity index (χ0v) is 14.5. The van der Waals surface area contributed by atoms with Crippen molar-refractivity contribution in [2.24, 2.45) is 0 Å². The van der Waals surface area contributed by atoms with E-state index in [1.165, 1.54) is 18.4 Å². The van der Waals surface area contributed by atoms with Crippen LogP contribution in [-0.2, 0) is 0 Å². The minimum absolute atomic E-state index is 0.110. The van der Waals surface area contributed by atoms with Crippen LogP contribution >= 0.6 is 0 Å². The van der Waals surface area contributed by atoms with Crippen molar-refractivity contribution in [3.63, 3.8) is 0 Å². The van der Waals surface area contributed by atoms with E-state index in [-0.39, 0.29) is 5.91 Å². The first-order valence-corrected chi connectivity index (χ1v) is 9.36. The molecular formula is C21H25N3O. The lowest BCUT2D eigenvalue weighted by Gasteiger charge is -2.21. The van der Waals surface area contributed by atoms with Gasteiger partial charge in [0.05, 0.1) is 5.56 Å². The van der Waals surface area contributed by atoms with E-state index in [9.17, 15) is 4.79 Å². The Morgan fingerprint density at radius 2 is 1.84 bits per heavy atom. The minimum Gasteiger partial charge on any atom is -0.367 e. The largest absolute Gasteiger partial charge is 0.367 e. The van der Waals surface area contributed by atoms with Gasteiger partial charge in [-0.05, 0) is 55.7 Å². The van der Waals surface area contributed by atoms with E-state index < -0.39 is 0 Å². The van der Waals surface area contributed by atoms with Gasteiger partial charge in [0.25, 0.3) is 5.91 Å². The van der Waals surface area contributed by atoms with Gasteiger partial charge in [-0.2, -0.15) is 0 Å². The Bertz CT molecular complexity index is 710. The van der Waals surface area contributed by atoms with Crippen molar-refractivity contribution in [3.05, 3.63) is 59.8 Å². The summed E-state index contributed by atoms with van der Waals surface area (Å²) in [6.45, 7) is 1.66. The highest BCUT2D eigenvalue weighted by Crippen LogP contribution is 2.28. The maximum atomic E-state index is 12.8. The Morgan fingerprint density at radius 1 is 1.00 bits per heavy atom. The van der Waals surface area contributed by atoms with Crippen molar-refractivity contribution < 1.29 is 4.79 Å². The molecular weight excluding hydrogens is 310 g/mol. The quantitative estimate of drug-likeness (QED) is 0.916. The Labute approximate surface area is 149 Å². The summed E-state index contributed by atoms with van der Waals surface area (Å²) in [6.07, 6.45) is 7.39. The van der Waals surface area contributed by atoms with Gasteiger partial charge in [0.1, 0.15) is 5.82 Å². The molecule has 2 heterocycles. The van der Waals surface area contributed by atoms with Crippen molar-refractivity contribution in [2.45, 2.75) is 44.1 Å². The molecule has 1 atom stereocenters. The fourth-order valence-electron chi connectivity index (χ4n) is 3.58. The number of likely N-dealkylation sites (tertiary alicyclic amines) is 1. The van der Waals surface area contributed by atoms with E-state index in [0.717, 1.165) is 38.2 Å². The van der Waals surface area contributed by atoms with Gasteiger partial charge < -0.3 is 10.2 Å². The second kappa shape index (κ2) is 7.26. The Kier molecular flexibility index (Phi) is 4.68. The van der Waals surface area contributed by atoms with Crippen LogP contribution in [-0.4, -0.2) is 34.9 Å². The lowest BCUT2D eigenvalue weighted by Crippen LogP contribution is -2.32. The van der Waals surface area contributed by atoms with Crippen LogP contribution in [0.5, 0.6) is 0 Å². The van der Waals surface area contributed by atoms with Crippen LogP contribution in [0.4, 0.5) is 5.82 Å². The molecule has 1 amide bonds. The predicted octanol–water partition coefficient (Wildman–Crippen LogP) is 4.07. The first-order valence-electron chi connectivity index (χ1n) is 9.36. The highest BCUT2D eigenvalue weighted by atomic mass is 16.2. The molecule has 0 bridgehead atoms. The Balaban J connectivity index is 1.38. The molecule has 2 aromatic rings. The molecule has 1 aliphatic heterocycles. The monoisotopic (exact) mass is 335 g/mol. The molecule has 1 saturated heterocycles. The molecule has 130 valence electrons. The number of amides is 1. The molecule has 2 fully saturated rings. The van der Waals surface area contributed by atoms with Gasteiger partial charge in [0, 0.05) is 25.3 Å². The summed E-state index contributed by atoms with van der Waals surface area (Å²) < 4.78 is 0. The number of carbonyl (C=O) groups is 1. The Morgan fingerprint density at radius 3 is 2.56 bits per heavy atom. The number of nitrogens with zero attached hydrogens (tertiary/aromatic N) is 2. The normalized spacial score (nSPS) is 20.8. The molecule has 4 heteroatoms. The molecule has 0 radical (unpaired) electrons. The SMILES string of the molecule is O=C(c1ccc(NC2CC2)nc1)N1CCC[C@H](c2ccccc2)CC1. The number of aromatic nitrogens is 1. The zero-order chi connectivity index (χ0) is 17.1. The Hall–Kier alpha value is -2.36. The van der Waals surface area contributed by atoms with Crippen LogP contribution in [0, 0.1) is 0 Å². The summed E-state index contributed by atoms with van der Waals surface area (Å²) in [7, 11) is 0. The van der Waals surface area contributed by atoms with Crippen molar-refractivity contribution in [1.82, 2.24) is 9.88 Å². The number of hydrogen-bond donors (Lipinski definition) is 1. The zero-order valence-electron chi connectivity index (χ0n) is 14.5. The number of carbonyl (C=O) groups excluding carboxylic acids is 1. The van der Waals surface area contributed by atoms with Gasteiger partial charge >= 0.3 is 0 Å². The van der Waals surface area contributed by atoms with Gasteiger partial charge in [-0.15, -0.1) is 0 Å². The smallest absolute Gasteiger partial charge is 0.255 e. The average molecular weight is 335 g/mol. The van der Waals surface area contributed by atoms with Gasteiger partial charge in [-0.25, -0.2) is 4.98 Å². The summed E-state index contributed by atoms with van der Waals surface area (Å²) in [4.78, 5) is 19.2. The van der Waals surface area contributed by atoms with Gasteiger partial charge in [-0.1, -0.05) is 30.3 Å². The number of hydrogen-bond acceptors (Lipinski definition) is 3. The van der Waals surface area contributed by atoms with Crippen LogP contribution in [0.15, 0.2) is 48.7 Å². The standard InChI is InChI=1S/C21H25N3O/c25-21(18-8-11-20(22-15-18)23-19-9-10-19)24-13-4-7-17(12-14-24)16-5-2-1-3-6-16/h1-3,5-6,8,11,15,17,19H,4,7,9-10,12-14H2,(H,22,23)/t17-/m0/s1. The molecule has 0 spiro atoms. The molecule has 2 aliphatic rings. The third kappa shape index (κ3) is 4.01. The number of rotatable bonds is 4. The summed E-state index contributed by atoms with van der Waals surface area (Å²) >= 11 is 0. The summed E-state index contributed by atoms with van der Waals surface area (Å²) in [6, 6.07) is 15.1. The van der Waals surface area contributed by atoms with E-state index >= 15 is 0 Å². The first kappa shape index (κ1) is 16.1. The average Bonchev–Trinajstić information content (AvgIpc) is 3.49. The van der Waals surface area contributed by atoms with Crippen molar-refractivity contribution in [3.8, 4) is 0 Å². The predicted molar refractivity (Wildman–Crippen MR) is 99.8 cm³/mol. The summed E-state index contributed by atoms with van der Waals surface area (Å²) in [5, 5.41) is 3.36. The topological polar surface area (TPSA) is 45.2 Å². The molecule has 1 aromatic heterocycles. The van der Waals surface area contributed by atoms with Crippen molar-refractivity contribution in [2.75, 3.05) is 18.4 Å². The third-order valence-electron chi connectivity index (χ3n) is 5.23. The van der Waals surface area contributed by atoms with Crippen molar-refractivity contribution in [1.29, 1.82) is 0 Å². The van der Waals surface area contributed by atoms with Gasteiger partial charge in [0.15, 0.2) is 0 Å². The summed E-state index contributed by atoms with van der Waals surface area (Å²) in [5.41, 5.74) is 2.09. The number of pyridine rings is 1. The molecule has 1 saturated carbocycles. The molecule has 4 rings (SSSR count). The van der Waals surface area contributed by atoms with E-state index in [1.807, 2.05) is 17.0 Å². The van der Waals surface area contributed by atoms with Crippen LogP contribution in [0.3, 0.4) is 0 Å². The van der Waals surface area contributed by atoms with Crippen LogP contribution in [0.25, 0.3) is 0 Å². The lowest BCUT2D eigenvalue weighted by atomic mass is 9.92. The molecule has 0 unspecified atom stereocenters. The van der Waals surface area contributed by atoms with Crippen molar-refractivity contribution >= 4 is 11.7 Å². The van der Waals surface area contributed by atoms with E-state index in [2.05, 4.69) is 40.6 Å². The van der Waals surface area contributed by atoms with E-state index in [4.69, 9.17) is 0 Å². The number of anilines is 1. The van der Waals surface area contributed by atoms with Crippen LogP contribution in [0.2, 0.25) is 0 Å². The van der Waals surface area contributed by atoms with Gasteiger partial charge in [0.2, 0.25) is 0 Å². The molecule has 1 aromatic carbocycles. The lowest BCUT2D eigenvalue weighted by molar-refractivity contribution is 0.0760. The van der Waals surface area contributed by atoms with E-state index in [1.54, 1.807) is 6.20 Å². The second-order valence-corrected chi connectivity index (χ2v) is 7.18. The fraction of sp³-hybridized carbons (Fsp3) is 0.429. The first-order chi connectivity index (χ1) is 12.3. The molecule has 25 heavy (non-hydrogen) atoms. The van der Waals surface area contributed by atoms with Gasteiger partial charge in [-0.3, -0.25) is 4.79 Å². The highest BCUT2D eigenvalue weighted by Gasteiger charge is 2.23.